The molecule has 28 heavy (non-hydrogen) atoms. The Hall–Kier alpha value is -3.39. The summed E-state index contributed by atoms with van der Waals surface area (Å²) in [4.78, 5) is 36.0. The van der Waals surface area contributed by atoms with Crippen LogP contribution in [-0.2, 0) is 11.3 Å². The lowest BCUT2D eigenvalue weighted by atomic mass is 10.1. The molecule has 0 saturated carbocycles. The summed E-state index contributed by atoms with van der Waals surface area (Å²) in [5, 5.41) is 21.6. The number of hydrogen-bond donors (Lipinski definition) is 3. The molecule has 0 spiro atoms. The second-order valence-electron chi connectivity index (χ2n) is 5.94. The van der Waals surface area contributed by atoms with Crippen molar-refractivity contribution in [2.24, 2.45) is 0 Å². The van der Waals surface area contributed by atoms with Gasteiger partial charge in [0.15, 0.2) is 0 Å². The zero-order valence-electron chi connectivity index (χ0n) is 14.3. The fourth-order valence-electron chi connectivity index (χ4n) is 2.81. The highest BCUT2D eigenvalue weighted by atomic mass is 35.5. The summed E-state index contributed by atoms with van der Waals surface area (Å²) in [5.41, 5.74) is -0.928. The number of nitrogens with zero attached hydrogens (tertiary/aromatic N) is 1. The van der Waals surface area contributed by atoms with Gasteiger partial charge in [-0.3, -0.25) is 14.4 Å². The van der Waals surface area contributed by atoms with Gasteiger partial charge in [0.25, 0.3) is 11.5 Å². The maximum atomic E-state index is 13.8. The summed E-state index contributed by atoms with van der Waals surface area (Å²) in [7, 11) is 0. The molecule has 0 unspecified atom stereocenters. The molecule has 3 rings (SSSR count). The number of carboxylic acids is 1. The predicted molar refractivity (Wildman–Crippen MR) is 100 cm³/mol. The molecule has 1 heterocycles. The first kappa shape index (κ1) is 19.4. The molecule has 0 aliphatic heterocycles. The number of carboxylic acid groups (broad SMARTS) is 1. The SMILES string of the molecule is O=C(O)CNC(=O)c1c(O)c2ccc(F)cc2n(Cc2ccccc2Cl)c1=O. The largest absolute Gasteiger partial charge is 0.506 e. The average Bonchev–Trinajstić information content (AvgIpc) is 2.64. The lowest BCUT2D eigenvalue weighted by Gasteiger charge is -2.15. The normalized spacial score (nSPS) is 10.8. The Morgan fingerprint density at radius 2 is 1.89 bits per heavy atom. The molecular formula is C19H14ClFN2O5. The molecule has 0 aliphatic rings. The number of rotatable bonds is 5. The molecule has 0 aliphatic carbocycles. The topological polar surface area (TPSA) is 109 Å². The quantitative estimate of drug-likeness (QED) is 0.605. The first-order valence-electron chi connectivity index (χ1n) is 8.08. The number of aliphatic carboxylic acids is 1. The Kier molecular flexibility index (Phi) is 5.32. The van der Waals surface area contributed by atoms with Gasteiger partial charge in [0.2, 0.25) is 0 Å². The van der Waals surface area contributed by atoms with E-state index in [-0.39, 0.29) is 17.4 Å². The minimum atomic E-state index is -1.31. The van der Waals surface area contributed by atoms with Crippen LogP contribution in [0.4, 0.5) is 4.39 Å². The van der Waals surface area contributed by atoms with E-state index in [0.717, 1.165) is 16.7 Å². The molecule has 0 bridgehead atoms. The summed E-state index contributed by atoms with van der Waals surface area (Å²) in [6.45, 7) is -0.818. The van der Waals surface area contributed by atoms with E-state index >= 15 is 0 Å². The monoisotopic (exact) mass is 404 g/mol. The smallest absolute Gasteiger partial charge is 0.322 e. The number of benzene rings is 2. The van der Waals surface area contributed by atoms with Crippen LogP contribution in [0, 0.1) is 5.82 Å². The Balaban J connectivity index is 2.24. The molecule has 3 N–H and O–H groups in total. The van der Waals surface area contributed by atoms with Gasteiger partial charge in [0, 0.05) is 10.4 Å². The van der Waals surface area contributed by atoms with Crippen molar-refractivity contribution in [2.45, 2.75) is 6.54 Å². The van der Waals surface area contributed by atoms with E-state index < -0.39 is 41.1 Å². The van der Waals surface area contributed by atoms with E-state index in [1.807, 2.05) is 5.32 Å². The van der Waals surface area contributed by atoms with E-state index in [1.165, 1.54) is 6.07 Å². The fraction of sp³-hybridized carbons (Fsp3) is 0.105. The maximum absolute atomic E-state index is 13.8. The first-order valence-corrected chi connectivity index (χ1v) is 8.46. The molecule has 9 heteroatoms. The van der Waals surface area contributed by atoms with Gasteiger partial charge in [-0.1, -0.05) is 29.8 Å². The molecular weight excluding hydrogens is 391 g/mol. The van der Waals surface area contributed by atoms with Gasteiger partial charge in [-0.05, 0) is 29.8 Å². The van der Waals surface area contributed by atoms with Crippen LogP contribution in [0.5, 0.6) is 5.75 Å². The van der Waals surface area contributed by atoms with Gasteiger partial charge in [-0.15, -0.1) is 0 Å². The first-order chi connectivity index (χ1) is 13.3. The van der Waals surface area contributed by atoms with E-state index in [9.17, 15) is 23.9 Å². The standard InChI is InChI=1S/C19H14ClFN2O5/c20-13-4-2-1-3-10(13)9-23-14-7-11(21)5-6-12(14)17(26)16(19(23)28)18(27)22-8-15(24)25/h1-7,26H,8-9H2,(H,22,27)(H,24,25). The van der Waals surface area contributed by atoms with Crippen LogP contribution in [0.2, 0.25) is 5.02 Å². The van der Waals surface area contributed by atoms with E-state index in [1.54, 1.807) is 24.3 Å². The highest BCUT2D eigenvalue weighted by Gasteiger charge is 2.23. The number of halogens is 2. The van der Waals surface area contributed by atoms with E-state index in [0.29, 0.717) is 10.6 Å². The summed E-state index contributed by atoms with van der Waals surface area (Å²) < 4.78 is 14.9. The molecule has 1 aromatic heterocycles. The number of carbonyl (C=O) groups excluding carboxylic acids is 1. The minimum Gasteiger partial charge on any atom is -0.506 e. The third kappa shape index (κ3) is 3.67. The zero-order valence-corrected chi connectivity index (χ0v) is 15.0. The lowest BCUT2D eigenvalue weighted by molar-refractivity contribution is -0.135. The third-order valence-electron chi connectivity index (χ3n) is 4.12. The van der Waals surface area contributed by atoms with Gasteiger partial charge >= 0.3 is 5.97 Å². The van der Waals surface area contributed by atoms with Crippen LogP contribution in [0.15, 0.2) is 47.3 Å². The maximum Gasteiger partial charge on any atom is 0.322 e. The van der Waals surface area contributed by atoms with Crippen LogP contribution in [0.1, 0.15) is 15.9 Å². The van der Waals surface area contributed by atoms with Crippen LogP contribution in [-0.4, -0.2) is 33.2 Å². The number of nitrogens with one attached hydrogen (secondary N) is 1. The molecule has 144 valence electrons. The van der Waals surface area contributed by atoms with Gasteiger partial charge < -0.3 is 20.1 Å². The zero-order chi connectivity index (χ0) is 20.4. The molecule has 0 saturated heterocycles. The van der Waals surface area contributed by atoms with Gasteiger partial charge in [-0.25, -0.2) is 4.39 Å². The van der Waals surface area contributed by atoms with Crippen LogP contribution in [0.25, 0.3) is 10.9 Å². The van der Waals surface area contributed by atoms with Crippen molar-refractivity contribution in [2.75, 3.05) is 6.54 Å². The number of amides is 1. The number of aromatic hydroxyl groups is 1. The number of aromatic nitrogens is 1. The van der Waals surface area contributed by atoms with Crippen LogP contribution < -0.4 is 10.9 Å². The van der Waals surface area contributed by atoms with E-state index in [4.69, 9.17) is 16.7 Å². The molecule has 7 nitrogen and oxygen atoms in total. The summed E-state index contributed by atoms with van der Waals surface area (Å²) >= 11 is 6.14. The van der Waals surface area contributed by atoms with Crippen molar-refractivity contribution < 1.29 is 24.2 Å². The molecule has 0 radical (unpaired) electrons. The van der Waals surface area contributed by atoms with Crippen molar-refractivity contribution in [3.8, 4) is 5.75 Å². The predicted octanol–water partition coefficient (Wildman–Crippen LogP) is 2.36. The Morgan fingerprint density at radius 1 is 1.18 bits per heavy atom. The molecule has 3 aromatic rings. The summed E-state index contributed by atoms with van der Waals surface area (Å²) in [6.07, 6.45) is 0. The number of pyridine rings is 1. The number of fused-ring (bicyclic) bond motifs is 1. The highest BCUT2D eigenvalue weighted by Crippen LogP contribution is 2.28. The lowest BCUT2D eigenvalue weighted by Crippen LogP contribution is -2.36. The Labute approximate surface area is 162 Å². The molecule has 0 atom stereocenters. The van der Waals surface area contributed by atoms with Crippen molar-refractivity contribution in [1.29, 1.82) is 0 Å². The van der Waals surface area contributed by atoms with Gasteiger partial charge in [-0.2, -0.15) is 0 Å². The molecule has 2 aromatic carbocycles. The Morgan fingerprint density at radius 3 is 2.57 bits per heavy atom. The van der Waals surface area contributed by atoms with Crippen LogP contribution in [0.3, 0.4) is 0 Å². The Bertz CT molecular complexity index is 1160. The molecule has 1 amide bonds. The minimum absolute atomic E-state index is 0.0635. The van der Waals surface area contributed by atoms with Crippen molar-refractivity contribution >= 4 is 34.4 Å². The number of hydrogen-bond acceptors (Lipinski definition) is 4. The van der Waals surface area contributed by atoms with Crippen LogP contribution >= 0.6 is 11.6 Å². The second kappa shape index (κ2) is 7.69. The van der Waals surface area contributed by atoms with Gasteiger partial charge in [0.1, 0.15) is 23.7 Å². The number of carbonyl (C=O) groups is 2. The van der Waals surface area contributed by atoms with E-state index in [2.05, 4.69) is 0 Å². The summed E-state index contributed by atoms with van der Waals surface area (Å²) in [5.74, 6) is -3.66. The summed E-state index contributed by atoms with van der Waals surface area (Å²) in [6, 6.07) is 10.1. The van der Waals surface area contributed by atoms with Crippen molar-refractivity contribution in [3.05, 3.63) is 74.8 Å². The van der Waals surface area contributed by atoms with Gasteiger partial charge in [0.05, 0.1) is 12.1 Å². The second-order valence-corrected chi connectivity index (χ2v) is 6.35. The fourth-order valence-corrected chi connectivity index (χ4v) is 3.01. The van der Waals surface area contributed by atoms with Crippen molar-refractivity contribution in [1.82, 2.24) is 9.88 Å². The highest BCUT2D eigenvalue weighted by molar-refractivity contribution is 6.31. The van der Waals surface area contributed by atoms with Crippen molar-refractivity contribution in [3.63, 3.8) is 0 Å². The average molecular weight is 405 g/mol. The third-order valence-corrected chi connectivity index (χ3v) is 4.48. The molecule has 0 fully saturated rings.